The summed E-state index contributed by atoms with van der Waals surface area (Å²) in [4.78, 5) is 35.6. The van der Waals surface area contributed by atoms with E-state index >= 15 is 0 Å². The highest BCUT2D eigenvalue weighted by Gasteiger charge is 2.32. The molecule has 1 atom stereocenters. The Morgan fingerprint density at radius 2 is 1.65 bits per heavy atom. The van der Waals surface area contributed by atoms with Crippen molar-refractivity contribution in [2.45, 2.75) is 25.2 Å². The maximum absolute atomic E-state index is 12.2. The molecular formula is C26H30N2O5S. The average Bonchev–Trinajstić information content (AvgIpc) is 3.12. The number of carboxylic acid groups (broad SMARTS) is 1. The molecule has 0 spiro atoms. The number of benzene rings is 2. The third-order valence-electron chi connectivity index (χ3n) is 6.65. The maximum atomic E-state index is 12.2. The van der Waals surface area contributed by atoms with Crippen molar-refractivity contribution in [1.29, 1.82) is 0 Å². The van der Waals surface area contributed by atoms with Gasteiger partial charge in [-0.1, -0.05) is 55.0 Å². The molecule has 2 aliphatic carbocycles. The monoisotopic (exact) mass is 482 g/mol. The summed E-state index contributed by atoms with van der Waals surface area (Å²) in [6.45, 7) is 0.826. The van der Waals surface area contributed by atoms with Gasteiger partial charge in [-0.05, 0) is 41.0 Å². The standard InChI is InChI=1S/C26H30N2O5S/c29-24(28-14-22(25(30)31)17-6-5-7-17)16-34-13-12-27-26(32)33-15-23-20-10-3-1-8-18(20)19-9-2-4-11-21(19)23/h1-4,8-11,17,22-23H,5-7,12-16H2,(H,27,32)(H,28,29)(H,30,31). The Kier molecular flexibility index (Phi) is 8.11. The van der Waals surface area contributed by atoms with Crippen LogP contribution >= 0.6 is 11.8 Å². The highest BCUT2D eigenvalue weighted by Crippen LogP contribution is 2.44. The number of hydrogen-bond acceptors (Lipinski definition) is 5. The highest BCUT2D eigenvalue weighted by atomic mass is 32.2. The van der Waals surface area contributed by atoms with E-state index in [2.05, 4.69) is 34.9 Å². The van der Waals surface area contributed by atoms with E-state index < -0.39 is 18.0 Å². The van der Waals surface area contributed by atoms with Gasteiger partial charge in [0.1, 0.15) is 6.61 Å². The lowest BCUT2D eigenvalue weighted by Crippen LogP contribution is -2.39. The largest absolute Gasteiger partial charge is 0.481 e. The van der Waals surface area contributed by atoms with Gasteiger partial charge < -0.3 is 20.5 Å². The van der Waals surface area contributed by atoms with Crippen molar-refractivity contribution in [3.63, 3.8) is 0 Å². The third-order valence-corrected chi connectivity index (χ3v) is 7.61. The summed E-state index contributed by atoms with van der Waals surface area (Å²) in [5.74, 6) is -0.552. The van der Waals surface area contributed by atoms with Crippen LogP contribution < -0.4 is 10.6 Å². The van der Waals surface area contributed by atoms with Gasteiger partial charge >= 0.3 is 12.1 Å². The van der Waals surface area contributed by atoms with Crippen LogP contribution in [0.1, 0.15) is 36.3 Å². The molecule has 8 heteroatoms. The van der Waals surface area contributed by atoms with E-state index in [0.29, 0.717) is 12.3 Å². The fraction of sp³-hybridized carbons (Fsp3) is 0.423. The van der Waals surface area contributed by atoms with E-state index in [1.807, 2.05) is 24.3 Å². The van der Waals surface area contributed by atoms with Crippen molar-refractivity contribution in [3.05, 3.63) is 59.7 Å². The molecule has 0 heterocycles. The number of carbonyl (C=O) groups is 3. The minimum absolute atomic E-state index is 0.0192. The molecule has 0 bridgehead atoms. The van der Waals surface area contributed by atoms with Crippen molar-refractivity contribution in [3.8, 4) is 11.1 Å². The number of fused-ring (bicyclic) bond motifs is 3. The molecule has 4 rings (SSSR count). The molecule has 0 aromatic heterocycles. The lowest BCUT2D eigenvalue weighted by Gasteiger charge is -2.31. The molecule has 180 valence electrons. The summed E-state index contributed by atoms with van der Waals surface area (Å²) in [6, 6.07) is 16.4. The molecule has 2 aromatic rings. The van der Waals surface area contributed by atoms with Gasteiger partial charge in [-0.25, -0.2) is 4.79 Å². The van der Waals surface area contributed by atoms with Crippen LogP contribution in [-0.4, -0.2) is 54.3 Å². The van der Waals surface area contributed by atoms with Gasteiger partial charge in [0.05, 0.1) is 11.7 Å². The van der Waals surface area contributed by atoms with E-state index in [4.69, 9.17) is 4.74 Å². The number of ether oxygens (including phenoxy) is 1. The molecule has 2 aliphatic rings. The van der Waals surface area contributed by atoms with Gasteiger partial charge in [0.15, 0.2) is 0 Å². The molecule has 1 saturated carbocycles. The van der Waals surface area contributed by atoms with E-state index in [0.717, 1.165) is 19.3 Å². The molecule has 3 N–H and O–H groups in total. The number of hydrogen-bond donors (Lipinski definition) is 3. The Labute approximate surface area is 203 Å². The Bertz CT molecular complexity index is 994. The summed E-state index contributed by atoms with van der Waals surface area (Å²) in [5.41, 5.74) is 4.70. The SMILES string of the molecule is O=C(CSCCNC(=O)OCC1c2ccccc2-c2ccccc21)NCC(C(=O)O)C1CCC1. The normalized spacial score (nSPS) is 15.5. The van der Waals surface area contributed by atoms with Gasteiger partial charge in [0.2, 0.25) is 5.91 Å². The Hall–Kier alpha value is -3.00. The van der Waals surface area contributed by atoms with Crippen LogP contribution in [0.5, 0.6) is 0 Å². The van der Waals surface area contributed by atoms with Crippen LogP contribution in [0, 0.1) is 11.8 Å². The zero-order chi connectivity index (χ0) is 23.9. The van der Waals surface area contributed by atoms with Gasteiger partial charge in [0, 0.05) is 24.8 Å². The van der Waals surface area contributed by atoms with Crippen LogP contribution in [0.15, 0.2) is 48.5 Å². The molecule has 2 aromatic carbocycles. The first-order valence-electron chi connectivity index (χ1n) is 11.7. The summed E-state index contributed by atoms with van der Waals surface area (Å²) in [5, 5.41) is 14.8. The van der Waals surface area contributed by atoms with Gasteiger partial charge in [0.25, 0.3) is 0 Å². The fourth-order valence-electron chi connectivity index (χ4n) is 4.61. The van der Waals surface area contributed by atoms with Crippen LogP contribution in [0.4, 0.5) is 4.79 Å². The summed E-state index contributed by atoms with van der Waals surface area (Å²) >= 11 is 1.39. The summed E-state index contributed by atoms with van der Waals surface area (Å²) < 4.78 is 5.50. The molecule has 1 unspecified atom stereocenters. The molecular weight excluding hydrogens is 452 g/mol. The number of aliphatic carboxylic acids is 1. The van der Waals surface area contributed by atoms with Crippen LogP contribution in [0.25, 0.3) is 11.1 Å². The van der Waals surface area contributed by atoms with Gasteiger partial charge in [-0.2, -0.15) is 11.8 Å². The quantitative estimate of drug-likeness (QED) is 0.420. The third kappa shape index (κ3) is 5.73. The van der Waals surface area contributed by atoms with Gasteiger partial charge in [-0.15, -0.1) is 0 Å². The van der Waals surface area contributed by atoms with Crippen molar-refractivity contribution < 1.29 is 24.2 Å². The molecule has 34 heavy (non-hydrogen) atoms. The molecule has 0 aliphatic heterocycles. The predicted molar refractivity (Wildman–Crippen MR) is 132 cm³/mol. The zero-order valence-corrected chi connectivity index (χ0v) is 19.8. The van der Waals surface area contributed by atoms with Crippen molar-refractivity contribution in [2.24, 2.45) is 11.8 Å². The zero-order valence-electron chi connectivity index (χ0n) is 19.0. The Morgan fingerprint density at radius 1 is 1.00 bits per heavy atom. The predicted octanol–water partition coefficient (Wildman–Crippen LogP) is 3.88. The van der Waals surface area contributed by atoms with Gasteiger partial charge in [-0.3, -0.25) is 9.59 Å². The number of carboxylic acids is 1. The number of rotatable bonds is 11. The van der Waals surface area contributed by atoms with E-state index in [1.54, 1.807) is 0 Å². The highest BCUT2D eigenvalue weighted by molar-refractivity contribution is 7.99. The molecule has 2 amide bonds. The van der Waals surface area contributed by atoms with Crippen LogP contribution in [0.2, 0.25) is 0 Å². The number of carbonyl (C=O) groups excluding carboxylic acids is 2. The molecule has 7 nitrogen and oxygen atoms in total. The summed E-state index contributed by atoms with van der Waals surface area (Å²) in [7, 11) is 0. The van der Waals surface area contributed by atoms with E-state index in [9.17, 15) is 19.5 Å². The lowest BCUT2D eigenvalue weighted by atomic mass is 9.76. The first-order valence-corrected chi connectivity index (χ1v) is 12.9. The minimum atomic E-state index is -0.843. The second-order valence-electron chi connectivity index (χ2n) is 8.74. The Morgan fingerprint density at radius 3 is 2.24 bits per heavy atom. The average molecular weight is 483 g/mol. The van der Waals surface area contributed by atoms with Crippen molar-refractivity contribution in [1.82, 2.24) is 10.6 Å². The molecule has 0 radical (unpaired) electrons. The van der Waals surface area contributed by atoms with Crippen LogP contribution in [0.3, 0.4) is 0 Å². The molecule has 0 saturated heterocycles. The first kappa shape index (κ1) is 24.1. The number of thioether (sulfide) groups is 1. The Balaban J connectivity index is 1.13. The van der Waals surface area contributed by atoms with Crippen LogP contribution in [-0.2, 0) is 14.3 Å². The van der Waals surface area contributed by atoms with E-state index in [-0.39, 0.29) is 36.6 Å². The maximum Gasteiger partial charge on any atom is 0.407 e. The second-order valence-corrected chi connectivity index (χ2v) is 9.85. The van der Waals surface area contributed by atoms with Crippen molar-refractivity contribution >= 4 is 29.7 Å². The topological polar surface area (TPSA) is 105 Å². The minimum Gasteiger partial charge on any atom is -0.481 e. The second kappa shape index (κ2) is 11.4. The lowest BCUT2D eigenvalue weighted by molar-refractivity contribution is -0.144. The molecule has 1 fully saturated rings. The number of amides is 2. The van der Waals surface area contributed by atoms with E-state index in [1.165, 1.54) is 34.0 Å². The number of nitrogens with one attached hydrogen (secondary N) is 2. The first-order chi connectivity index (χ1) is 16.5. The summed E-state index contributed by atoms with van der Waals surface area (Å²) in [6.07, 6.45) is 2.43. The number of alkyl carbamates (subject to hydrolysis) is 1. The smallest absolute Gasteiger partial charge is 0.407 e. The fourth-order valence-corrected chi connectivity index (χ4v) is 5.29. The van der Waals surface area contributed by atoms with Crippen molar-refractivity contribution in [2.75, 3.05) is 31.2 Å².